The maximum absolute atomic E-state index is 10.4. The highest BCUT2D eigenvalue weighted by molar-refractivity contribution is 5.86. The zero-order chi connectivity index (χ0) is 12.8. The molecule has 0 radical (unpaired) electrons. The molecule has 0 saturated heterocycles. The number of carboxylic acid groups (broad SMARTS) is 1. The van der Waals surface area contributed by atoms with E-state index < -0.39 is 5.97 Å². The van der Waals surface area contributed by atoms with E-state index in [4.69, 9.17) is 14.6 Å². The van der Waals surface area contributed by atoms with E-state index in [0.29, 0.717) is 17.1 Å². The molecule has 0 saturated carbocycles. The Hall–Kier alpha value is -1.97. The number of ether oxygens (including phenoxy) is 2. The van der Waals surface area contributed by atoms with Gasteiger partial charge in [-0.15, -0.1) is 0 Å². The lowest BCUT2D eigenvalue weighted by molar-refractivity contribution is -0.131. The quantitative estimate of drug-likeness (QED) is 0.798. The van der Waals surface area contributed by atoms with Crippen LogP contribution in [0.25, 0.3) is 6.08 Å². The van der Waals surface area contributed by atoms with Crippen LogP contribution in [0.3, 0.4) is 0 Å². The molecule has 17 heavy (non-hydrogen) atoms. The summed E-state index contributed by atoms with van der Waals surface area (Å²) < 4.78 is 10.7. The summed E-state index contributed by atoms with van der Waals surface area (Å²) in [4.78, 5) is 10.4. The van der Waals surface area contributed by atoms with Crippen molar-refractivity contribution in [2.75, 3.05) is 7.11 Å². The van der Waals surface area contributed by atoms with Gasteiger partial charge in [0.05, 0.1) is 13.2 Å². The minimum atomic E-state index is -0.991. The Morgan fingerprint density at radius 2 is 2.12 bits per heavy atom. The third-order valence-corrected chi connectivity index (χ3v) is 1.98. The third kappa shape index (κ3) is 4.18. The summed E-state index contributed by atoms with van der Waals surface area (Å²) in [5, 5.41) is 8.56. The van der Waals surface area contributed by atoms with Crippen molar-refractivity contribution >= 4 is 12.0 Å². The standard InChI is InChI=1S/C13H16O4/c1-9(2)17-11-6-4-10(5-7-13(14)15)12(8-11)16-3/h4-9H,1-3H3,(H,14,15). The van der Waals surface area contributed by atoms with Crippen LogP contribution in [0, 0.1) is 0 Å². The molecule has 4 nitrogen and oxygen atoms in total. The summed E-state index contributed by atoms with van der Waals surface area (Å²) in [6, 6.07) is 5.28. The fraction of sp³-hybridized carbons (Fsp3) is 0.308. The van der Waals surface area contributed by atoms with E-state index in [2.05, 4.69) is 0 Å². The Bertz CT molecular complexity index is 421. The van der Waals surface area contributed by atoms with E-state index in [1.807, 2.05) is 13.8 Å². The number of hydrogen-bond donors (Lipinski definition) is 1. The molecule has 0 atom stereocenters. The van der Waals surface area contributed by atoms with Gasteiger partial charge in [0.2, 0.25) is 0 Å². The lowest BCUT2D eigenvalue weighted by atomic mass is 10.1. The number of methoxy groups -OCH3 is 1. The number of aliphatic carboxylic acids is 1. The summed E-state index contributed by atoms with van der Waals surface area (Å²) in [6.45, 7) is 3.87. The highest BCUT2D eigenvalue weighted by Gasteiger charge is 2.04. The molecule has 0 fully saturated rings. The van der Waals surface area contributed by atoms with Crippen LogP contribution in [-0.4, -0.2) is 24.3 Å². The monoisotopic (exact) mass is 236 g/mol. The molecular weight excluding hydrogens is 220 g/mol. The van der Waals surface area contributed by atoms with Crippen molar-refractivity contribution in [1.82, 2.24) is 0 Å². The predicted octanol–water partition coefficient (Wildman–Crippen LogP) is 2.58. The summed E-state index contributed by atoms with van der Waals surface area (Å²) in [7, 11) is 1.53. The number of carbonyl (C=O) groups is 1. The van der Waals surface area contributed by atoms with E-state index in [-0.39, 0.29) is 6.10 Å². The van der Waals surface area contributed by atoms with Crippen LogP contribution in [0.1, 0.15) is 19.4 Å². The van der Waals surface area contributed by atoms with Crippen molar-refractivity contribution < 1.29 is 19.4 Å². The molecule has 0 aliphatic heterocycles. The van der Waals surface area contributed by atoms with Crippen LogP contribution in [0.15, 0.2) is 24.3 Å². The normalized spacial score (nSPS) is 10.8. The van der Waals surface area contributed by atoms with Gasteiger partial charge >= 0.3 is 5.97 Å². The van der Waals surface area contributed by atoms with Crippen molar-refractivity contribution in [3.8, 4) is 11.5 Å². The Balaban J connectivity index is 2.97. The zero-order valence-electron chi connectivity index (χ0n) is 10.1. The molecule has 1 N–H and O–H groups in total. The number of benzene rings is 1. The second-order valence-corrected chi connectivity index (χ2v) is 3.74. The van der Waals surface area contributed by atoms with E-state index in [1.54, 1.807) is 18.2 Å². The first kappa shape index (κ1) is 13.1. The molecule has 0 aromatic heterocycles. The summed E-state index contributed by atoms with van der Waals surface area (Å²) in [6.07, 6.45) is 2.64. The first-order chi connectivity index (χ1) is 8.02. The first-order valence-corrected chi connectivity index (χ1v) is 5.28. The van der Waals surface area contributed by atoms with Crippen LogP contribution in [0.4, 0.5) is 0 Å². The van der Waals surface area contributed by atoms with Crippen LogP contribution in [0.2, 0.25) is 0 Å². The van der Waals surface area contributed by atoms with Gasteiger partial charge in [-0.2, -0.15) is 0 Å². The largest absolute Gasteiger partial charge is 0.496 e. The Morgan fingerprint density at radius 3 is 2.65 bits per heavy atom. The van der Waals surface area contributed by atoms with Crippen LogP contribution in [-0.2, 0) is 4.79 Å². The maximum atomic E-state index is 10.4. The minimum Gasteiger partial charge on any atom is -0.496 e. The molecule has 4 heteroatoms. The second kappa shape index (κ2) is 5.94. The summed E-state index contributed by atoms with van der Waals surface area (Å²) in [5.41, 5.74) is 0.700. The molecule has 0 heterocycles. The molecule has 1 aromatic rings. The van der Waals surface area contributed by atoms with Crippen molar-refractivity contribution in [3.63, 3.8) is 0 Å². The fourth-order valence-electron chi connectivity index (χ4n) is 1.34. The fourth-order valence-corrected chi connectivity index (χ4v) is 1.34. The predicted molar refractivity (Wildman–Crippen MR) is 65.4 cm³/mol. The average Bonchev–Trinajstić information content (AvgIpc) is 2.26. The van der Waals surface area contributed by atoms with E-state index in [9.17, 15) is 4.79 Å². The minimum absolute atomic E-state index is 0.0834. The van der Waals surface area contributed by atoms with Crippen molar-refractivity contribution in [3.05, 3.63) is 29.8 Å². The molecule has 0 unspecified atom stereocenters. The maximum Gasteiger partial charge on any atom is 0.328 e. The Labute approximate surface area is 100 Å². The van der Waals surface area contributed by atoms with E-state index in [0.717, 1.165) is 6.08 Å². The van der Waals surface area contributed by atoms with E-state index in [1.165, 1.54) is 13.2 Å². The molecule has 1 rings (SSSR count). The zero-order valence-corrected chi connectivity index (χ0v) is 10.1. The van der Waals surface area contributed by atoms with Gasteiger partial charge in [0.25, 0.3) is 0 Å². The molecule has 0 aliphatic carbocycles. The number of rotatable bonds is 5. The summed E-state index contributed by atoms with van der Waals surface area (Å²) >= 11 is 0. The van der Waals surface area contributed by atoms with Gasteiger partial charge in [0, 0.05) is 17.7 Å². The lowest BCUT2D eigenvalue weighted by Gasteiger charge is -2.12. The molecule has 1 aromatic carbocycles. The second-order valence-electron chi connectivity index (χ2n) is 3.74. The third-order valence-electron chi connectivity index (χ3n) is 1.98. The van der Waals surface area contributed by atoms with Gasteiger partial charge in [-0.1, -0.05) is 0 Å². The SMILES string of the molecule is COc1cc(OC(C)C)ccc1C=CC(=O)O. The molecule has 0 bridgehead atoms. The van der Waals surface area contributed by atoms with Gasteiger partial charge in [0.1, 0.15) is 11.5 Å². The van der Waals surface area contributed by atoms with Crippen LogP contribution >= 0.6 is 0 Å². The first-order valence-electron chi connectivity index (χ1n) is 5.28. The van der Waals surface area contributed by atoms with Gasteiger partial charge in [-0.25, -0.2) is 4.79 Å². The molecular formula is C13H16O4. The smallest absolute Gasteiger partial charge is 0.328 e. The lowest BCUT2D eigenvalue weighted by Crippen LogP contribution is -2.05. The molecule has 92 valence electrons. The highest BCUT2D eigenvalue weighted by Crippen LogP contribution is 2.26. The molecule has 0 amide bonds. The number of hydrogen-bond acceptors (Lipinski definition) is 3. The Morgan fingerprint density at radius 1 is 1.41 bits per heavy atom. The Kier molecular flexibility index (Phi) is 4.57. The topological polar surface area (TPSA) is 55.8 Å². The van der Waals surface area contributed by atoms with Crippen molar-refractivity contribution in [2.45, 2.75) is 20.0 Å². The van der Waals surface area contributed by atoms with Gasteiger partial charge in [-0.05, 0) is 32.1 Å². The van der Waals surface area contributed by atoms with Gasteiger partial charge < -0.3 is 14.6 Å². The van der Waals surface area contributed by atoms with Crippen LogP contribution in [0.5, 0.6) is 11.5 Å². The van der Waals surface area contributed by atoms with Gasteiger partial charge in [0.15, 0.2) is 0 Å². The number of carboxylic acids is 1. The van der Waals surface area contributed by atoms with Crippen LogP contribution < -0.4 is 9.47 Å². The molecule has 0 aliphatic rings. The highest BCUT2D eigenvalue weighted by atomic mass is 16.5. The average molecular weight is 236 g/mol. The molecule has 0 spiro atoms. The summed E-state index contributed by atoms with van der Waals surface area (Å²) in [5.74, 6) is 0.291. The van der Waals surface area contributed by atoms with Crippen molar-refractivity contribution in [1.29, 1.82) is 0 Å². The van der Waals surface area contributed by atoms with Crippen molar-refractivity contribution in [2.24, 2.45) is 0 Å². The van der Waals surface area contributed by atoms with Gasteiger partial charge in [-0.3, -0.25) is 0 Å². The van der Waals surface area contributed by atoms with E-state index >= 15 is 0 Å².